The molecular weight excluding hydrogens is 270 g/mol. The van der Waals surface area contributed by atoms with Crippen LogP contribution in [0.4, 0.5) is 0 Å². The molecule has 1 amide bonds. The van der Waals surface area contributed by atoms with Crippen molar-refractivity contribution in [3.05, 3.63) is 48.6 Å². The standard InChI is InChI=1S/C16H21NO4/c1-5-8-9-11-13(10-6-2)15(19)14(17-12(4)18)16(20)21-7-3/h5-6,8-11,14H,2,7H2,1,3-4H3,(H,17,18)/b8-5-,11-9-,13-10+. The molecule has 0 aliphatic carbocycles. The highest BCUT2D eigenvalue weighted by molar-refractivity contribution is 6.14. The summed E-state index contributed by atoms with van der Waals surface area (Å²) < 4.78 is 4.81. The van der Waals surface area contributed by atoms with Crippen LogP contribution in [0.3, 0.4) is 0 Å². The molecule has 0 radical (unpaired) electrons. The molecule has 0 aliphatic heterocycles. The summed E-state index contributed by atoms with van der Waals surface area (Å²) in [6, 6.07) is -1.36. The van der Waals surface area contributed by atoms with Crippen LogP contribution in [0.2, 0.25) is 0 Å². The van der Waals surface area contributed by atoms with Gasteiger partial charge in [-0.15, -0.1) is 0 Å². The third kappa shape index (κ3) is 7.06. The maximum atomic E-state index is 12.4. The van der Waals surface area contributed by atoms with Crippen molar-refractivity contribution in [3.63, 3.8) is 0 Å². The molecule has 0 aromatic heterocycles. The molecule has 0 rings (SSSR count). The molecular formula is C16H21NO4. The van der Waals surface area contributed by atoms with Gasteiger partial charge in [0.1, 0.15) is 0 Å². The molecule has 114 valence electrons. The van der Waals surface area contributed by atoms with Gasteiger partial charge >= 0.3 is 5.97 Å². The van der Waals surface area contributed by atoms with Gasteiger partial charge in [-0.2, -0.15) is 0 Å². The van der Waals surface area contributed by atoms with Gasteiger partial charge in [-0.05, 0) is 13.8 Å². The highest BCUT2D eigenvalue weighted by Gasteiger charge is 2.30. The number of carbonyl (C=O) groups excluding carboxylic acids is 3. The van der Waals surface area contributed by atoms with E-state index in [4.69, 9.17) is 4.74 Å². The van der Waals surface area contributed by atoms with Crippen LogP contribution in [0.15, 0.2) is 48.6 Å². The fourth-order valence-electron chi connectivity index (χ4n) is 1.44. The van der Waals surface area contributed by atoms with Gasteiger partial charge in [0.2, 0.25) is 5.91 Å². The summed E-state index contributed by atoms with van der Waals surface area (Å²) in [5.41, 5.74) is 0.245. The first-order valence-electron chi connectivity index (χ1n) is 6.57. The van der Waals surface area contributed by atoms with Crippen LogP contribution in [0.5, 0.6) is 0 Å². The Balaban J connectivity index is 5.38. The summed E-state index contributed by atoms with van der Waals surface area (Å²) in [4.78, 5) is 35.4. The molecule has 0 aromatic rings. The summed E-state index contributed by atoms with van der Waals surface area (Å²) in [6.07, 6.45) is 9.63. The van der Waals surface area contributed by atoms with Gasteiger partial charge in [-0.1, -0.05) is 43.0 Å². The van der Waals surface area contributed by atoms with Crippen LogP contribution in [-0.4, -0.2) is 30.3 Å². The molecule has 0 saturated carbocycles. The lowest BCUT2D eigenvalue weighted by Gasteiger charge is -2.15. The molecule has 0 fully saturated rings. The average Bonchev–Trinajstić information content (AvgIpc) is 2.43. The van der Waals surface area contributed by atoms with Crippen molar-refractivity contribution in [3.8, 4) is 0 Å². The van der Waals surface area contributed by atoms with Crippen molar-refractivity contribution in [2.24, 2.45) is 0 Å². The molecule has 1 atom stereocenters. The molecule has 0 aromatic carbocycles. The summed E-state index contributed by atoms with van der Waals surface area (Å²) in [7, 11) is 0. The van der Waals surface area contributed by atoms with E-state index >= 15 is 0 Å². The molecule has 0 heterocycles. The molecule has 0 aliphatic rings. The Labute approximate surface area is 125 Å². The van der Waals surface area contributed by atoms with E-state index in [9.17, 15) is 14.4 Å². The number of ketones is 1. The fourth-order valence-corrected chi connectivity index (χ4v) is 1.44. The number of hydrogen-bond donors (Lipinski definition) is 1. The van der Waals surface area contributed by atoms with Crippen molar-refractivity contribution in [1.29, 1.82) is 0 Å². The van der Waals surface area contributed by atoms with Crippen molar-refractivity contribution < 1.29 is 19.1 Å². The first-order valence-corrected chi connectivity index (χ1v) is 6.57. The average molecular weight is 291 g/mol. The van der Waals surface area contributed by atoms with Crippen LogP contribution in [0.1, 0.15) is 20.8 Å². The van der Waals surface area contributed by atoms with E-state index in [2.05, 4.69) is 11.9 Å². The zero-order valence-corrected chi connectivity index (χ0v) is 12.6. The molecule has 1 N–H and O–H groups in total. The van der Waals surface area contributed by atoms with Gasteiger partial charge in [0.05, 0.1) is 6.61 Å². The lowest BCUT2D eigenvalue weighted by atomic mass is 10.0. The van der Waals surface area contributed by atoms with Crippen molar-refractivity contribution in [2.75, 3.05) is 6.61 Å². The predicted octanol–water partition coefficient (Wildman–Crippen LogP) is 1.87. The van der Waals surface area contributed by atoms with E-state index < -0.39 is 23.7 Å². The van der Waals surface area contributed by atoms with Gasteiger partial charge in [0.15, 0.2) is 11.8 Å². The molecule has 1 unspecified atom stereocenters. The Morgan fingerprint density at radius 3 is 2.43 bits per heavy atom. The fraction of sp³-hybridized carbons (Fsp3) is 0.312. The Bertz CT molecular complexity index is 487. The van der Waals surface area contributed by atoms with Crippen LogP contribution in [0, 0.1) is 0 Å². The smallest absolute Gasteiger partial charge is 0.336 e. The minimum Gasteiger partial charge on any atom is -0.464 e. The number of ether oxygens (including phenoxy) is 1. The molecule has 5 heteroatoms. The van der Waals surface area contributed by atoms with Gasteiger partial charge < -0.3 is 10.1 Å². The van der Waals surface area contributed by atoms with Crippen LogP contribution >= 0.6 is 0 Å². The largest absolute Gasteiger partial charge is 0.464 e. The number of Topliss-reactive ketones (excluding diaryl/α,β-unsaturated/α-hetero) is 1. The van der Waals surface area contributed by atoms with Crippen LogP contribution < -0.4 is 5.32 Å². The van der Waals surface area contributed by atoms with Crippen LogP contribution in [0.25, 0.3) is 0 Å². The summed E-state index contributed by atoms with van der Waals surface area (Å²) in [6.45, 7) is 8.34. The molecule has 0 bridgehead atoms. The third-order valence-electron chi connectivity index (χ3n) is 2.29. The van der Waals surface area contributed by atoms with E-state index in [0.717, 1.165) is 0 Å². The van der Waals surface area contributed by atoms with Crippen LogP contribution in [-0.2, 0) is 19.1 Å². The van der Waals surface area contributed by atoms with E-state index in [-0.39, 0.29) is 12.2 Å². The maximum absolute atomic E-state index is 12.4. The Kier molecular flexibility index (Phi) is 9.17. The highest BCUT2D eigenvalue weighted by Crippen LogP contribution is 2.06. The SMILES string of the molecule is C=C\C=C(/C=C\C=C/C)C(=O)C(NC(C)=O)C(=O)OCC. The number of hydrogen-bond acceptors (Lipinski definition) is 4. The highest BCUT2D eigenvalue weighted by atomic mass is 16.5. The monoisotopic (exact) mass is 291 g/mol. The number of nitrogens with one attached hydrogen (secondary N) is 1. The lowest BCUT2D eigenvalue weighted by molar-refractivity contribution is -0.149. The van der Waals surface area contributed by atoms with E-state index in [0.29, 0.717) is 0 Å². The number of amides is 1. The number of rotatable bonds is 8. The Morgan fingerprint density at radius 1 is 1.29 bits per heavy atom. The minimum absolute atomic E-state index is 0.122. The second kappa shape index (κ2) is 10.4. The number of carbonyl (C=O) groups is 3. The lowest BCUT2D eigenvalue weighted by Crippen LogP contribution is -2.47. The molecule has 5 nitrogen and oxygen atoms in total. The quantitative estimate of drug-likeness (QED) is 0.321. The minimum atomic E-state index is -1.36. The van der Waals surface area contributed by atoms with E-state index in [1.54, 1.807) is 25.2 Å². The first kappa shape index (κ1) is 18.6. The van der Waals surface area contributed by atoms with E-state index in [1.165, 1.54) is 25.2 Å². The van der Waals surface area contributed by atoms with E-state index in [1.807, 2.05) is 6.92 Å². The van der Waals surface area contributed by atoms with Gasteiger partial charge in [-0.25, -0.2) is 4.79 Å². The zero-order chi connectivity index (χ0) is 16.3. The van der Waals surface area contributed by atoms with Crippen molar-refractivity contribution in [1.82, 2.24) is 5.32 Å². The predicted molar refractivity (Wildman–Crippen MR) is 81.5 cm³/mol. The van der Waals surface area contributed by atoms with Gasteiger partial charge in [-0.3, -0.25) is 9.59 Å². The maximum Gasteiger partial charge on any atom is 0.336 e. The van der Waals surface area contributed by atoms with Gasteiger partial charge in [0, 0.05) is 12.5 Å². The van der Waals surface area contributed by atoms with Crippen molar-refractivity contribution in [2.45, 2.75) is 26.8 Å². The normalized spacial score (nSPS) is 13.2. The molecule has 0 saturated heterocycles. The summed E-state index contributed by atoms with van der Waals surface area (Å²) >= 11 is 0. The summed E-state index contributed by atoms with van der Waals surface area (Å²) in [5, 5.41) is 2.30. The number of allylic oxidation sites excluding steroid dienone is 6. The summed E-state index contributed by atoms with van der Waals surface area (Å²) in [5.74, 6) is -1.83. The molecule has 21 heavy (non-hydrogen) atoms. The Morgan fingerprint density at radius 2 is 1.95 bits per heavy atom. The van der Waals surface area contributed by atoms with Crippen molar-refractivity contribution >= 4 is 17.7 Å². The van der Waals surface area contributed by atoms with Gasteiger partial charge in [0.25, 0.3) is 0 Å². The zero-order valence-electron chi connectivity index (χ0n) is 12.6. The Hall–Kier alpha value is -2.43. The number of esters is 1. The topological polar surface area (TPSA) is 72.5 Å². The molecule has 0 spiro atoms. The third-order valence-corrected chi connectivity index (χ3v) is 2.29. The second-order valence-corrected chi connectivity index (χ2v) is 3.99. The first-order chi connectivity index (χ1) is 9.97. The second-order valence-electron chi connectivity index (χ2n) is 3.99.